The van der Waals surface area contributed by atoms with Crippen LogP contribution in [0.3, 0.4) is 0 Å². The van der Waals surface area contributed by atoms with E-state index < -0.39 is 0 Å². The minimum Gasteiger partial charge on any atom is -0.495 e. The lowest BCUT2D eigenvalue weighted by Gasteiger charge is -2.35. The molecule has 0 bridgehead atoms. The Morgan fingerprint density at radius 3 is 1.24 bits per heavy atom. The van der Waals surface area contributed by atoms with Crippen LogP contribution in [0.15, 0.2) is 36.4 Å². The zero-order valence-corrected chi connectivity index (χ0v) is 32.8. The Hall–Kier alpha value is -4.65. The number of carbonyl (C=O) groups is 3. The number of likely N-dealkylation sites (N-methyl/N-ethyl adjacent to an activating group) is 1. The Bertz CT molecular complexity index is 1810. The van der Waals surface area contributed by atoms with Gasteiger partial charge in [-0.05, 0) is 79.4 Å². The summed E-state index contributed by atoms with van der Waals surface area (Å²) < 4.78 is 21.8. The van der Waals surface area contributed by atoms with Gasteiger partial charge >= 0.3 is 0 Å². The number of carbonyl (C=O) groups excluding carboxylic acids is 3. The standard InChI is InChI=1S/C15H20N2O2.C14H18N2O2.C14H17NO3/c1-16-5-7-17(8-6-16)13-9-11-3-4-14(18)12(11)10-15(13)19-2;1-18-14-9-11-10(2-3-13(11)17)8-12(14)16-6-4-15-5-7-16;1-17-14-9-11-10(2-3-13(11)16)8-12(14)15-4-6-18-7-5-15/h9-10H,3-8H2,1-2H3;8-9,15H,2-7H2,1H3;8-9H,2-7H2,1H3. The number of ether oxygens (including phenoxy) is 4. The minimum atomic E-state index is 0.233. The molecule has 12 heteroatoms. The summed E-state index contributed by atoms with van der Waals surface area (Å²) in [6.45, 7) is 11.4. The summed E-state index contributed by atoms with van der Waals surface area (Å²) in [4.78, 5) is 44.6. The number of aryl methyl sites for hydroxylation is 3. The monoisotopic (exact) mass is 753 g/mol. The molecular formula is C43H55N5O7. The molecule has 3 fully saturated rings. The van der Waals surface area contributed by atoms with Crippen molar-refractivity contribution in [3.05, 3.63) is 69.8 Å². The highest BCUT2D eigenvalue weighted by atomic mass is 16.5. The molecule has 0 amide bonds. The molecule has 12 nitrogen and oxygen atoms in total. The Morgan fingerprint density at radius 2 is 0.855 bits per heavy atom. The van der Waals surface area contributed by atoms with Gasteiger partial charge in [0.15, 0.2) is 17.3 Å². The number of hydrogen-bond acceptors (Lipinski definition) is 12. The first kappa shape index (κ1) is 38.6. The van der Waals surface area contributed by atoms with Crippen LogP contribution >= 0.6 is 0 Å². The molecule has 3 heterocycles. The summed E-state index contributed by atoms with van der Waals surface area (Å²) >= 11 is 0. The summed E-state index contributed by atoms with van der Waals surface area (Å²) in [5.74, 6) is 3.18. The van der Waals surface area contributed by atoms with Gasteiger partial charge in [0, 0.05) is 101 Å². The fourth-order valence-corrected chi connectivity index (χ4v) is 8.37. The number of morpholine rings is 1. The third-order valence-electron chi connectivity index (χ3n) is 11.6. The van der Waals surface area contributed by atoms with Gasteiger partial charge in [-0.25, -0.2) is 0 Å². The molecule has 3 aromatic carbocycles. The fourth-order valence-electron chi connectivity index (χ4n) is 8.37. The van der Waals surface area contributed by atoms with Gasteiger partial charge in [-0.2, -0.15) is 0 Å². The van der Waals surface area contributed by atoms with Gasteiger partial charge in [0.1, 0.15) is 17.2 Å². The molecule has 0 unspecified atom stereocenters. The number of benzene rings is 3. The van der Waals surface area contributed by atoms with Crippen molar-refractivity contribution in [3.63, 3.8) is 0 Å². The van der Waals surface area contributed by atoms with Crippen molar-refractivity contribution in [2.45, 2.75) is 38.5 Å². The SMILES string of the molecule is COc1cc2c(cc1N1CCN(C)CC1)CCC2=O.COc1cc2c(cc1N1CCNCC1)CCC2=O.COc1cc2c(cc1N1CCOCC1)CCC2=O. The molecule has 9 rings (SSSR count). The van der Waals surface area contributed by atoms with Crippen molar-refractivity contribution in [1.82, 2.24) is 10.2 Å². The average molecular weight is 754 g/mol. The molecule has 3 aliphatic heterocycles. The van der Waals surface area contributed by atoms with Crippen LogP contribution < -0.4 is 34.2 Å². The summed E-state index contributed by atoms with van der Waals surface area (Å²) in [6.07, 6.45) is 4.52. The number of nitrogens with one attached hydrogen (secondary N) is 1. The van der Waals surface area contributed by atoms with Gasteiger partial charge in [0.05, 0.1) is 51.6 Å². The summed E-state index contributed by atoms with van der Waals surface area (Å²) in [6, 6.07) is 12.2. The maximum Gasteiger partial charge on any atom is 0.163 e. The molecule has 3 saturated heterocycles. The Morgan fingerprint density at radius 1 is 0.491 bits per heavy atom. The van der Waals surface area contributed by atoms with Crippen LogP contribution in [0.5, 0.6) is 17.2 Å². The summed E-state index contributed by atoms with van der Waals surface area (Å²) in [5, 5.41) is 3.34. The van der Waals surface area contributed by atoms with Crippen molar-refractivity contribution >= 4 is 34.4 Å². The summed E-state index contributed by atoms with van der Waals surface area (Å²) in [7, 11) is 7.16. The number of ketones is 3. The number of rotatable bonds is 6. The second-order valence-corrected chi connectivity index (χ2v) is 14.9. The molecule has 3 aliphatic carbocycles. The van der Waals surface area contributed by atoms with E-state index in [1.54, 1.807) is 21.3 Å². The third kappa shape index (κ3) is 8.46. The Labute approximate surface area is 324 Å². The average Bonchev–Trinajstić information content (AvgIpc) is 3.92. The number of piperazine rings is 2. The lowest BCUT2D eigenvalue weighted by atomic mass is 10.1. The highest BCUT2D eigenvalue weighted by Crippen LogP contribution is 2.38. The minimum absolute atomic E-state index is 0.233. The van der Waals surface area contributed by atoms with Crippen LogP contribution in [0, 0.1) is 0 Å². The first-order valence-electron chi connectivity index (χ1n) is 19.7. The first-order valence-corrected chi connectivity index (χ1v) is 19.7. The largest absolute Gasteiger partial charge is 0.495 e. The molecule has 55 heavy (non-hydrogen) atoms. The topological polar surface area (TPSA) is 113 Å². The van der Waals surface area contributed by atoms with Gasteiger partial charge in [-0.15, -0.1) is 0 Å². The lowest BCUT2D eigenvalue weighted by Crippen LogP contribution is -2.44. The molecular weight excluding hydrogens is 699 g/mol. The van der Waals surface area contributed by atoms with Gasteiger partial charge < -0.3 is 43.9 Å². The molecule has 0 radical (unpaired) electrons. The van der Waals surface area contributed by atoms with Crippen LogP contribution in [-0.2, 0) is 24.0 Å². The molecule has 6 aliphatic rings. The van der Waals surface area contributed by atoms with E-state index in [0.29, 0.717) is 19.3 Å². The highest BCUT2D eigenvalue weighted by molar-refractivity contribution is 6.03. The molecule has 3 aromatic rings. The predicted octanol–water partition coefficient (Wildman–Crippen LogP) is 4.47. The van der Waals surface area contributed by atoms with Crippen LogP contribution in [0.2, 0.25) is 0 Å². The molecule has 0 aromatic heterocycles. The number of hydrogen-bond donors (Lipinski definition) is 1. The lowest BCUT2D eigenvalue weighted by molar-refractivity contribution is 0.0986. The number of methoxy groups -OCH3 is 3. The first-order chi connectivity index (χ1) is 26.8. The maximum absolute atomic E-state index is 11.8. The van der Waals surface area contributed by atoms with Gasteiger partial charge in [-0.3, -0.25) is 14.4 Å². The predicted molar refractivity (Wildman–Crippen MR) is 215 cm³/mol. The normalized spacial score (nSPS) is 19.2. The van der Waals surface area contributed by atoms with E-state index in [0.717, 1.165) is 154 Å². The third-order valence-corrected chi connectivity index (χ3v) is 11.6. The van der Waals surface area contributed by atoms with Crippen LogP contribution in [0.25, 0.3) is 0 Å². The van der Waals surface area contributed by atoms with Gasteiger partial charge in [0.2, 0.25) is 0 Å². The maximum atomic E-state index is 11.8. The number of nitrogens with zero attached hydrogens (tertiary/aromatic N) is 4. The second kappa shape index (κ2) is 17.4. The van der Waals surface area contributed by atoms with E-state index in [2.05, 4.69) is 50.2 Å². The van der Waals surface area contributed by atoms with Crippen LogP contribution in [0.4, 0.5) is 17.1 Å². The fraction of sp³-hybridized carbons (Fsp3) is 0.512. The number of anilines is 3. The van der Waals surface area contributed by atoms with Crippen molar-refractivity contribution in [3.8, 4) is 17.2 Å². The van der Waals surface area contributed by atoms with Crippen molar-refractivity contribution in [2.24, 2.45) is 0 Å². The van der Waals surface area contributed by atoms with Crippen molar-refractivity contribution in [2.75, 3.05) is 122 Å². The molecule has 0 spiro atoms. The van der Waals surface area contributed by atoms with Crippen molar-refractivity contribution < 1.29 is 33.3 Å². The summed E-state index contributed by atoms with van der Waals surface area (Å²) in [5.41, 5.74) is 9.42. The van der Waals surface area contributed by atoms with E-state index in [1.165, 1.54) is 11.1 Å². The molecule has 0 saturated carbocycles. The van der Waals surface area contributed by atoms with E-state index >= 15 is 0 Å². The van der Waals surface area contributed by atoms with Crippen LogP contribution in [-0.4, -0.2) is 129 Å². The zero-order chi connectivity index (χ0) is 38.5. The Kier molecular flexibility index (Phi) is 12.2. The Balaban J connectivity index is 0.000000127. The quantitative estimate of drug-likeness (QED) is 0.384. The molecule has 0 atom stereocenters. The number of fused-ring (bicyclic) bond motifs is 3. The number of Topliss-reactive ketones (excluding diaryl/α,β-unsaturated/α-hetero) is 3. The molecule has 294 valence electrons. The van der Waals surface area contributed by atoms with E-state index in [4.69, 9.17) is 18.9 Å². The van der Waals surface area contributed by atoms with E-state index in [-0.39, 0.29) is 17.3 Å². The van der Waals surface area contributed by atoms with Gasteiger partial charge in [-0.1, -0.05) is 0 Å². The zero-order valence-electron chi connectivity index (χ0n) is 32.8. The van der Waals surface area contributed by atoms with Crippen LogP contribution in [0.1, 0.15) is 67.0 Å². The second-order valence-electron chi connectivity index (χ2n) is 14.9. The van der Waals surface area contributed by atoms with E-state index in [9.17, 15) is 14.4 Å². The molecule has 1 N–H and O–H groups in total. The highest BCUT2D eigenvalue weighted by Gasteiger charge is 2.27. The van der Waals surface area contributed by atoms with E-state index in [1.807, 2.05) is 18.2 Å². The van der Waals surface area contributed by atoms with Crippen molar-refractivity contribution in [1.29, 1.82) is 0 Å². The van der Waals surface area contributed by atoms with Gasteiger partial charge in [0.25, 0.3) is 0 Å². The smallest absolute Gasteiger partial charge is 0.163 e.